The van der Waals surface area contributed by atoms with Crippen LogP contribution in [0.15, 0.2) is 18.2 Å². The van der Waals surface area contributed by atoms with Gasteiger partial charge in [-0.1, -0.05) is 32.4 Å². The summed E-state index contributed by atoms with van der Waals surface area (Å²) >= 11 is 6.02. The highest BCUT2D eigenvalue weighted by Gasteiger charge is 2.27. The zero-order valence-corrected chi connectivity index (χ0v) is 13.8. The lowest BCUT2D eigenvalue weighted by molar-refractivity contribution is -0.119. The van der Waals surface area contributed by atoms with Crippen molar-refractivity contribution >= 4 is 29.1 Å². The number of hydrogen-bond acceptors (Lipinski definition) is 3. The number of hydrogen-bond donors (Lipinski definition) is 2. The van der Waals surface area contributed by atoms with Crippen LogP contribution in [0.25, 0.3) is 0 Å². The van der Waals surface area contributed by atoms with Crippen LogP contribution in [-0.4, -0.2) is 36.9 Å². The van der Waals surface area contributed by atoms with Gasteiger partial charge in [0.25, 0.3) is 5.91 Å². The van der Waals surface area contributed by atoms with E-state index in [0.717, 1.165) is 0 Å². The first-order valence-electron chi connectivity index (χ1n) is 6.61. The van der Waals surface area contributed by atoms with Gasteiger partial charge in [0, 0.05) is 19.8 Å². The summed E-state index contributed by atoms with van der Waals surface area (Å²) in [5.74, 6) is -0.524. The van der Waals surface area contributed by atoms with E-state index in [9.17, 15) is 9.59 Å². The highest BCUT2D eigenvalue weighted by molar-refractivity contribution is 6.34. The Hall–Kier alpha value is -1.59. The molecule has 0 aromatic heterocycles. The molecule has 0 bridgehead atoms. The van der Waals surface area contributed by atoms with E-state index in [1.54, 1.807) is 32.3 Å². The Labute approximate surface area is 130 Å². The molecule has 0 spiro atoms. The van der Waals surface area contributed by atoms with Gasteiger partial charge < -0.3 is 16.0 Å². The molecule has 1 atom stereocenters. The lowest BCUT2D eigenvalue weighted by Crippen LogP contribution is -2.45. The average molecular weight is 312 g/mol. The van der Waals surface area contributed by atoms with Crippen LogP contribution in [0, 0.1) is 5.41 Å². The molecule has 0 aliphatic carbocycles. The van der Waals surface area contributed by atoms with Crippen molar-refractivity contribution in [3.63, 3.8) is 0 Å². The first-order valence-corrected chi connectivity index (χ1v) is 6.99. The number of benzene rings is 1. The van der Waals surface area contributed by atoms with Crippen molar-refractivity contribution in [3.8, 4) is 0 Å². The molecule has 5 nitrogen and oxygen atoms in total. The van der Waals surface area contributed by atoms with Gasteiger partial charge in [0.05, 0.1) is 16.6 Å². The van der Waals surface area contributed by atoms with Gasteiger partial charge in [-0.25, -0.2) is 0 Å². The second-order valence-corrected chi connectivity index (χ2v) is 6.63. The molecule has 0 aliphatic rings. The largest absolute Gasteiger partial charge is 0.345 e. The number of nitrogens with two attached hydrogens (primary N) is 1. The lowest BCUT2D eigenvalue weighted by atomic mass is 9.87. The van der Waals surface area contributed by atoms with Gasteiger partial charge in [-0.3, -0.25) is 9.59 Å². The van der Waals surface area contributed by atoms with Crippen molar-refractivity contribution in [3.05, 3.63) is 28.8 Å². The van der Waals surface area contributed by atoms with Crippen molar-refractivity contribution < 1.29 is 9.59 Å². The number of amides is 2. The van der Waals surface area contributed by atoms with E-state index in [-0.39, 0.29) is 17.2 Å². The summed E-state index contributed by atoms with van der Waals surface area (Å²) in [6, 6.07) is 4.12. The second kappa shape index (κ2) is 6.45. The number of anilines is 1. The summed E-state index contributed by atoms with van der Waals surface area (Å²) in [6.45, 7) is 5.67. The Morgan fingerprint density at radius 3 is 2.33 bits per heavy atom. The summed E-state index contributed by atoms with van der Waals surface area (Å²) in [5, 5.41) is 3.06. The third-order valence-electron chi connectivity index (χ3n) is 3.09. The molecule has 0 aliphatic heterocycles. The number of carbonyl (C=O) groups excluding carboxylic acids is 2. The fourth-order valence-corrected chi connectivity index (χ4v) is 1.82. The number of carbonyl (C=O) groups is 2. The molecule has 1 rings (SSSR count). The van der Waals surface area contributed by atoms with Crippen molar-refractivity contribution in [2.45, 2.75) is 26.8 Å². The highest BCUT2D eigenvalue weighted by atomic mass is 35.5. The molecular weight excluding hydrogens is 290 g/mol. The molecule has 0 saturated heterocycles. The first kappa shape index (κ1) is 17.5. The highest BCUT2D eigenvalue weighted by Crippen LogP contribution is 2.23. The molecule has 0 radical (unpaired) electrons. The van der Waals surface area contributed by atoms with Gasteiger partial charge in [-0.15, -0.1) is 0 Å². The topological polar surface area (TPSA) is 75.4 Å². The Balaban J connectivity index is 2.99. The quantitative estimate of drug-likeness (QED) is 0.899. The van der Waals surface area contributed by atoms with Crippen molar-refractivity contribution in [1.82, 2.24) is 4.90 Å². The monoisotopic (exact) mass is 311 g/mol. The normalized spacial score (nSPS) is 12.7. The molecule has 0 fully saturated rings. The van der Waals surface area contributed by atoms with Crippen LogP contribution in [0.2, 0.25) is 5.02 Å². The molecule has 1 aromatic rings. The van der Waals surface area contributed by atoms with Crippen molar-refractivity contribution in [2.24, 2.45) is 11.1 Å². The standard InChI is InChI=1S/C15H22ClN3O2/c1-15(2,3)12(17)13(20)18-9-6-7-11(16)10(8-9)14(21)19(4)5/h6-8,12H,17H2,1-5H3,(H,18,20)/t12-/m1/s1. The fraction of sp³-hybridized carbons (Fsp3) is 0.467. The minimum absolute atomic E-state index is 0.226. The fourth-order valence-electron chi connectivity index (χ4n) is 1.62. The van der Waals surface area contributed by atoms with E-state index < -0.39 is 6.04 Å². The van der Waals surface area contributed by atoms with Crippen LogP contribution in [0.4, 0.5) is 5.69 Å². The van der Waals surface area contributed by atoms with Crippen molar-refractivity contribution in [2.75, 3.05) is 19.4 Å². The Morgan fingerprint density at radius 2 is 1.86 bits per heavy atom. The van der Waals surface area contributed by atoms with Crippen LogP contribution >= 0.6 is 11.6 Å². The molecule has 0 heterocycles. The maximum Gasteiger partial charge on any atom is 0.254 e. The summed E-state index contributed by atoms with van der Waals surface area (Å²) in [5.41, 5.74) is 6.39. The summed E-state index contributed by atoms with van der Waals surface area (Å²) < 4.78 is 0. The lowest BCUT2D eigenvalue weighted by Gasteiger charge is -2.26. The third kappa shape index (κ3) is 4.44. The van der Waals surface area contributed by atoms with E-state index in [0.29, 0.717) is 16.3 Å². The van der Waals surface area contributed by atoms with E-state index in [1.165, 1.54) is 4.90 Å². The molecule has 6 heteroatoms. The molecular formula is C15H22ClN3O2. The van der Waals surface area contributed by atoms with Gasteiger partial charge in [0.15, 0.2) is 0 Å². The van der Waals surface area contributed by atoms with Crippen LogP contribution in [0.3, 0.4) is 0 Å². The van der Waals surface area contributed by atoms with Crippen LogP contribution < -0.4 is 11.1 Å². The van der Waals surface area contributed by atoms with Gasteiger partial charge in [0.1, 0.15) is 0 Å². The van der Waals surface area contributed by atoms with Gasteiger partial charge in [0.2, 0.25) is 5.91 Å². The average Bonchev–Trinajstić information content (AvgIpc) is 2.37. The SMILES string of the molecule is CN(C)C(=O)c1cc(NC(=O)[C@@H](N)C(C)(C)C)ccc1Cl. The summed E-state index contributed by atoms with van der Waals surface area (Å²) in [6.07, 6.45) is 0. The number of halogens is 1. The molecule has 1 aromatic carbocycles. The Kier molecular flexibility index (Phi) is 5.36. The minimum atomic E-state index is -0.652. The number of rotatable bonds is 3. The molecule has 0 saturated carbocycles. The molecule has 21 heavy (non-hydrogen) atoms. The molecule has 2 amide bonds. The smallest absolute Gasteiger partial charge is 0.254 e. The van der Waals surface area contributed by atoms with Crippen LogP contribution in [0.5, 0.6) is 0 Å². The van der Waals surface area contributed by atoms with E-state index in [2.05, 4.69) is 5.32 Å². The molecule has 3 N–H and O–H groups in total. The maximum atomic E-state index is 12.1. The predicted octanol–water partition coefficient (Wildman–Crippen LogP) is 2.35. The van der Waals surface area contributed by atoms with Crippen LogP contribution in [0.1, 0.15) is 31.1 Å². The minimum Gasteiger partial charge on any atom is -0.345 e. The Bertz CT molecular complexity index is 550. The molecule has 0 unspecified atom stereocenters. The number of nitrogens with one attached hydrogen (secondary N) is 1. The van der Waals surface area contributed by atoms with Crippen LogP contribution in [-0.2, 0) is 4.79 Å². The summed E-state index contributed by atoms with van der Waals surface area (Å²) in [4.78, 5) is 25.5. The second-order valence-electron chi connectivity index (χ2n) is 6.23. The van der Waals surface area contributed by atoms with Gasteiger partial charge in [-0.2, -0.15) is 0 Å². The van der Waals surface area contributed by atoms with E-state index in [1.807, 2.05) is 20.8 Å². The number of nitrogens with zero attached hydrogens (tertiary/aromatic N) is 1. The molecule has 116 valence electrons. The zero-order valence-electron chi connectivity index (χ0n) is 13.0. The first-order chi connectivity index (χ1) is 9.54. The predicted molar refractivity (Wildman–Crippen MR) is 85.5 cm³/mol. The zero-order chi connectivity index (χ0) is 16.4. The van der Waals surface area contributed by atoms with E-state index >= 15 is 0 Å². The van der Waals surface area contributed by atoms with Crippen molar-refractivity contribution in [1.29, 1.82) is 0 Å². The maximum absolute atomic E-state index is 12.1. The van der Waals surface area contributed by atoms with Gasteiger partial charge in [-0.05, 0) is 23.6 Å². The Morgan fingerprint density at radius 1 is 1.29 bits per heavy atom. The van der Waals surface area contributed by atoms with E-state index in [4.69, 9.17) is 17.3 Å². The third-order valence-corrected chi connectivity index (χ3v) is 3.42. The van der Waals surface area contributed by atoms with Gasteiger partial charge >= 0.3 is 0 Å². The summed E-state index contributed by atoms with van der Waals surface area (Å²) in [7, 11) is 3.28.